The lowest BCUT2D eigenvalue weighted by molar-refractivity contribution is 0.286. The molecule has 2 aliphatic carbocycles. The van der Waals surface area contributed by atoms with E-state index in [2.05, 4.69) is 41.3 Å². The van der Waals surface area contributed by atoms with Gasteiger partial charge < -0.3 is 10.6 Å². The molecule has 2 aliphatic rings. The van der Waals surface area contributed by atoms with E-state index in [4.69, 9.17) is 0 Å². The molecule has 2 rings (SSSR count). The first-order valence-corrected chi connectivity index (χ1v) is 7.53. The van der Waals surface area contributed by atoms with Gasteiger partial charge in [-0.2, -0.15) is 0 Å². The van der Waals surface area contributed by atoms with Gasteiger partial charge in [0.2, 0.25) is 0 Å². The number of likely N-dealkylation sites (N-methyl/N-ethyl adjacent to an activating group) is 1. The standard InChI is InChI=1S/C14H28N4/c1-4-15-14(17-13-10-11(13)3)16-8-9-18(5-2)12-6-7-12/h11-13H,4-10H2,1-3H3,(H2,15,16,17). The molecule has 0 saturated heterocycles. The van der Waals surface area contributed by atoms with Gasteiger partial charge in [0.05, 0.1) is 6.54 Å². The molecule has 0 aliphatic heterocycles. The van der Waals surface area contributed by atoms with E-state index in [-0.39, 0.29) is 0 Å². The minimum Gasteiger partial charge on any atom is -0.357 e. The molecule has 2 saturated carbocycles. The van der Waals surface area contributed by atoms with Gasteiger partial charge >= 0.3 is 0 Å². The van der Waals surface area contributed by atoms with Crippen LogP contribution in [-0.2, 0) is 0 Å². The molecule has 4 nitrogen and oxygen atoms in total. The molecule has 0 aromatic carbocycles. The molecule has 2 unspecified atom stereocenters. The highest BCUT2D eigenvalue weighted by Gasteiger charge is 2.33. The van der Waals surface area contributed by atoms with Crippen LogP contribution >= 0.6 is 0 Å². The van der Waals surface area contributed by atoms with Crippen LogP contribution in [0.4, 0.5) is 0 Å². The van der Waals surface area contributed by atoms with E-state index in [1.54, 1.807) is 0 Å². The molecule has 0 aromatic rings. The number of rotatable bonds is 7. The van der Waals surface area contributed by atoms with E-state index in [0.29, 0.717) is 6.04 Å². The first kappa shape index (κ1) is 13.7. The maximum atomic E-state index is 4.68. The normalized spacial score (nSPS) is 27.4. The molecule has 0 amide bonds. The first-order chi connectivity index (χ1) is 8.74. The molecule has 2 atom stereocenters. The summed E-state index contributed by atoms with van der Waals surface area (Å²) in [5.41, 5.74) is 0. The van der Waals surface area contributed by atoms with Crippen molar-refractivity contribution >= 4 is 5.96 Å². The topological polar surface area (TPSA) is 39.7 Å². The van der Waals surface area contributed by atoms with Gasteiger partial charge in [-0.3, -0.25) is 9.89 Å². The van der Waals surface area contributed by atoms with Crippen LogP contribution in [0.1, 0.15) is 40.0 Å². The lowest BCUT2D eigenvalue weighted by Crippen LogP contribution is -2.39. The van der Waals surface area contributed by atoms with Crippen molar-refractivity contribution in [3.05, 3.63) is 0 Å². The van der Waals surface area contributed by atoms with Crippen molar-refractivity contribution in [3.63, 3.8) is 0 Å². The Morgan fingerprint density at radius 1 is 1.33 bits per heavy atom. The zero-order valence-corrected chi connectivity index (χ0v) is 12.1. The quantitative estimate of drug-likeness (QED) is 0.532. The van der Waals surface area contributed by atoms with Gasteiger partial charge in [0.15, 0.2) is 5.96 Å². The van der Waals surface area contributed by atoms with E-state index >= 15 is 0 Å². The molecule has 0 aromatic heterocycles. The fraction of sp³-hybridized carbons (Fsp3) is 0.929. The predicted octanol–water partition coefficient (Wildman–Crippen LogP) is 1.43. The Balaban J connectivity index is 1.72. The third-order valence-electron chi connectivity index (χ3n) is 3.90. The molecular formula is C14H28N4. The van der Waals surface area contributed by atoms with Crippen LogP contribution in [0.25, 0.3) is 0 Å². The fourth-order valence-electron chi connectivity index (χ4n) is 2.35. The number of aliphatic imine (C=N–C) groups is 1. The summed E-state index contributed by atoms with van der Waals surface area (Å²) in [4.78, 5) is 7.23. The van der Waals surface area contributed by atoms with Crippen LogP contribution in [0, 0.1) is 5.92 Å². The molecule has 4 heteroatoms. The Hall–Kier alpha value is -0.770. The molecule has 0 bridgehead atoms. The van der Waals surface area contributed by atoms with Crippen molar-refractivity contribution in [1.29, 1.82) is 0 Å². The Kier molecular flexibility index (Phi) is 4.87. The summed E-state index contributed by atoms with van der Waals surface area (Å²) in [7, 11) is 0. The number of guanidine groups is 1. The predicted molar refractivity (Wildman–Crippen MR) is 77.0 cm³/mol. The first-order valence-electron chi connectivity index (χ1n) is 7.53. The van der Waals surface area contributed by atoms with Crippen LogP contribution in [0.5, 0.6) is 0 Å². The lowest BCUT2D eigenvalue weighted by atomic mass is 10.4. The summed E-state index contributed by atoms with van der Waals surface area (Å²) in [5, 5.41) is 6.83. The van der Waals surface area contributed by atoms with E-state index in [0.717, 1.165) is 44.1 Å². The molecule has 0 heterocycles. The van der Waals surface area contributed by atoms with Crippen molar-refractivity contribution in [2.24, 2.45) is 10.9 Å². The highest BCUT2D eigenvalue weighted by atomic mass is 15.2. The van der Waals surface area contributed by atoms with Gasteiger partial charge in [0.25, 0.3) is 0 Å². The molecule has 2 fully saturated rings. The average Bonchev–Trinajstić information content (AvgIpc) is 3.24. The summed E-state index contributed by atoms with van der Waals surface area (Å²) in [6.07, 6.45) is 4.05. The molecule has 0 radical (unpaired) electrons. The zero-order valence-electron chi connectivity index (χ0n) is 12.1. The largest absolute Gasteiger partial charge is 0.357 e. The van der Waals surface area contributed by atoms with Crippen LogP contribution in [0.3, 0.4) is 0 Å². The molecule has 2 N–H and O–H groups in total. The van der Waals surface area contributed by atoms with Gasteiger partial charge in [0, 0.05) is 25.2 Å². The van der Waals surface area contributed by atoms with E-state index < -0.39 is 0 Å². The summed E-state index contributed by atoms with van der Waals surface area (Å²) >= 11 is 0. The Labute approximate surface area is 111 Å². The molecular weight excluding hydrogens is 224 g/mol. The summed E-state index contributed by atoms with van der Waals surface area (Å²) in [6, 6.07) is 1.50. The zero-order chi connectivity index (χ0) is 13.0. The minimum atomic E-state index is 0.647. The number of hydrogen-bond donors (Lipinski definition) is 2. The van der Waals surface area contributed by atoms with Gasteiger partial charge in [-0.15, -0.1) is 0 Å². The van der Waals surface area contributed by atoms with Crippen LogP contribution in [0.15, 0.2) is 4.99 Å². The number of nitrogens with one attached hydrogen (secondary N) is 2. The van der Waals surface area contributed by atoms with E-state index in [9.17, 15) is 0 Å². The highest BCUT2D eigenvalue weighted by molar-refractivity contribution is 5.80. The van der Waals surface area contributed by atoms with Crippen LogP contribution in [-0.4, -0.2) is 49.1 Å². The van der Waals surface area contributed by atoms with E-state index in [1.807, 2.05) is 0 Å². The fourth-order valence-corrected chi connectivity index (χ4v) is 2.35. The van der Waals surface area contributed by atoms with Crippen molar-refractivity contribution < 1.29 is 0 Å². The lowest BCUT2D eigenvalue weighted by Gasteiger charge is -2.18. The van der Waals surface area contributed by atoms with E-state index in [1.165, 1.54) is 19.3 Å². The second kappa shape index (κ2) is 6.41. The van der Waals surface area contributed by atoms with Crippen molar-refractivity contribution in [2.75, 3.05) is 26.2 Å². The van der Waals surface area contributed by atoms with Crippen molar-refractivity contribution in [1.82, 2.24) is 15.5 Å². The molecule has 18 heavy (non-hydrogen) atoms. The maximum absolute atomic E-state index is 4.68. The highest BCUT2D eigenvalue weighted by Crippen LogP contribution is 2.28. The van der Waals surface area contributed by atoms with Crippen LogP contribution in [0.2, 0.25) is 0 Å². The second-order valence-corrected chi connectivity index (χ2v) is 5.58. The SMILES string of the molecule is CCNC(=NCCN(CC)C1CC1)NC1CC1C. The molecule has 0 spiro atoms. The summed E-state index contributed by atoms with van der Waals surface area (Å²) in [6.45, 7) is 10.7. The third-order valence-corrected chi connectivity index (χ3v) is 3.90. The average molecular weight is 252 g/mol. The minimum absolute atomic E-state index is 0.647. The molecule has 104 valence electrons. The van der Waals surface area contributed by atoms with Gasteiger partial charge in [-0.05, 0) is 38.6 Å². The van der Waals surface area contributed by atoms with Gasteiger partial charge in [-0.25, -0.2) is 0 Å². The number of nitrogens with zero attached hydrogens (tertiary/aromatic N) is 2. The smallest absolute Gasteiger partial charge is 0.191 e. The van der Waals surface area contributed by atoms with Gasteiger partial charge in [0.1, 0.15) is 0 Å². The Bertz CT molecular complexity index is 286. The van der Waals surface area contributed by atoms with Crippen molar-refractivity contribution in [2.45, 2.75) is 52.1 Å². The maximum Gasteiger partial charge on any atom is 0.191 e. The monoisotopic (exact) mass is 252 g/mol. The number of hydrogen-bond acceptors (Lipinski definition) is 2. The van der Waals surface area contributed by atoms with Gasteiger partial charge in [-0.1, -0.05) is 13.8 Å². The van der Waals surface area contributed by atoms with Crippen molar-refractivity contribution in [3.8, 4) is 0 Å². The summed E-state index contributed by atoms with van der Waals surface area (Å²) in [5.74, 6) is 1.81. The van der Waals surface area contributed by atoms with Crippen LogP contribution < -0.4 is 10.6 Å². The summed E-state index contributed by atoms with van der Waals surface area (Å²) < 4.78 is 0. The second-order valence-electron chi connectivity index (χ2n) is 5.58. The Morgan fingerprint density at radius 3 is 2.56 bits per heavy atom. The Morgan fingerprint density at radius 2 is 2.06 bits per heavy atom. The third kappa shape index (κ3) is 4.16.